The van der Waals surface area contributed by atoms with Crippen LogP contribution in [0.5, 0.6) is 0 Å². The molecule has 0 radical (unpaired) electrons. The number of aliphatic hydroxyl groups excluding tert-OH is 1. The van der Waals surface area contributed by atoms with Gasteiger partial charge in [-0.3, -0.25) is 0 Å². The zero-order chi connectivity index (χ0) is 9.84. The standard InChI is InChI=1S/C11H17NO.Na.H/c1-4-12(10(3)13)11-7-5-6-9(2)8-11;;/h5-8,10,13H,4H2,1-3H3;;/q;+1;-1. The van der Waals surface area contributed by atoms with Crippen LogP contribution in [0.4, 0.5) is 5.69 Å². The molecule has 0 bridgehead atoms. The van der Waals surface area contributed by atoms with Crippen molar-refractivity contribution in [3.05, 3.63) is 29.8 Å². The zero-order valence-corrected chi connectivity index (χ0v) is 11.5. The Bertz CT molecular complexity index is 281. The number of aryl methyl sites for hydroxylation is 1. The van der Waals surface area contributed by atoms with Crippen LogP contribution < -0.4 is 34.5 Å². The van der Waals surface area contributed by atoms with E-state index in [-0.39, 0.29) is 31.0 Å². The molecule has 1 rings (SSSR count). The third-order valence-corrected chi connectivity index (χ3v) is 2.13. The van der Waals surface area contributed by atoms with Crippen LogP contribution in [0.25, 0.3) is 0 Å². The molecule has 0 aliphatic heterocycles. The maximum atomic E-state index is 9.48. The molecule has 3 heteroatoms. The van der Waals surface area contributed by atoms with Crippen LogP contribution in [0.1, 0.15) is 20.8 Å². The summed E-state index contributed by atoms with van der Waals surface area (Å²) in [4.78, 5) is 1.95. The molecule has 2 nitrogen and oxygen atoms in total. The van der Waals surface area contributed by atoms with Gasteiger partial charge in [0.15, 0.2) is 0 Å². The summed E-state index contributed by atoms with van der Waals surface area (Å²) >= 11 is 0. The second-order valence-corrected chi connectivity index (χ2v) is 3.26. The van der Waals surface area contributed by atoms with Crippen molar-refractivity contribution in [2.45, 2.75) is 27.0 Å². The number of benzene rings is 1. The Morgan fingerprint density at radius 2 is 2.14 bits per heavy atom. The van der Waals surface area contributed by atoms with Gasteiger partial charge in [-0.25, -0.2) is 0 Å². The number of hydrogen-bond acceptors (Lipinski definition) is 2. The van der Waals surface area contributed by atoms with E-state index >= 15 is 0 Å². The SMILES string of the molecule is CCN(c1cccc(C)c1)C(C)O.[H-].[Na+]. The average molecular weight is 203 g/mol. The summed E-state index contributed by atoms with van der Waals surface area (Å²) in [6.45, 7) is 6.70. The maximum Gasteiger partial charge on any atom is 1.00 e. The number of hydrogen-bond donors (Lipinski definition) is 1. The van der Waals surface area contributed by atoms with Gasteiger partial charge in [-0.1, -0.05) is 12.1 Å². The molecule has 1 aromatic carbocycles. The van der Waals surface area contributed by atoms with Gasteiger partial charge in [0.2, 0.25) is 0 Å². The Morgan fingerprint density at radius 1 is 1.50 bits per heavy atom. The Labute approximate surface area is 110 Å². The summed E-state index contributed by atoms with van der Waals surface area (Å²) in [5.41, 5.74) is 2.30. The van der Waals surface area contributed by atoms with Gasteiger partial charge in [-0.2, -0.15) is 0 Å². The van der Waals surface area contributed by atoms with Crippen molar-refractivity contribution in [2.75, 3.05) is 11.4 Å². The third-order valence-electron chi connectivity index (χ3n) is 2.13. The van der Waals surface area contributed by atoms with Crippen molar-refractivity contribution in [1.82, 2.24) is 0 Å². The molecule has 1 aromatic rings. The third kappa shape index (κ3) is 3.62. The van der Waals surface area contributed by atoms with E-state index in [2.05, 4.69) is 19.1 Å². The predicted octanol–water partition coefficient (Wildman–Crippen LogP) is -0.724. The molecular formula is C11H18NNaO. The summed E-state index contributed by atoms with van der Waals surface area (Å²) < 4.78 is 0. The molecular weight excluding hydrogens is 185 g/mol. The topological polar surface area (TPSA) is 23.5 Å². The second kappa shape index (κ2) is 6.46. The molecule has 0 saturated carbocycles. The second-order valence-electron chi connectivity index (χ2n) is 3.26. The predicted molar refractivity (Wildman–Crippen MR) is 57.0 cm³/mol. The van der Waals surface area contributed by atoms with E-state index in [0.717, 1.165) is 12.2 Å². The molecule has 0 spiro atoms. The first-order valence-electron chi connectivity index (χ1n) is 4.66. The van der Waals surface area contributed by atoms with Gasteiger partial charge in [0.05, 0.1) is 0 Å². The smallest absolute Gasteiger partial charge is 1.00 e. The fourth-order valence-corrected chi connectivity index (χ4v) is 1.47. The van der Waals surface area contributed by atoms with Crippen LogP contribution in [-0.4, -0.2) is 17.9 Å². The summed E-state index contributed by atoms with van der Waals surface area (Å²) in [5, 5.41) is 9.48. The van der Waals surface area contributed by atoms with E-state index in [4.69, 9.17) is 0 Å². The molecule has 0 amide bonds. The molecule has 1 unspecified atom stereocenters. The first-order chi connectivity index (χ1) is 6.15. The molecule has 0 aliphatic rings. The van der Waals surface area contributed by atoms with Crippen LogP contribution in [0.3, 0.4) is 0 Å². The fourth-order valence-electron chi connectivity index (χ4n) is 1.47. The monoisotopic (exact) mass is 203 g/mol. The van der Waals surface area contributed by atoms with Gasteiger partial charge in [0, 0.05) is 12.2 Å². The van der Waals surface area contributed by atoms with E-state index in [9.17, 15) is 5.11 Å². The largest absolute Gasteiger partial charge is 1.00 e. The van der Waals surface area contributed by atoms with Crippen molar-refractivity contribution in [1.29, 1.82) is 0 Å². The normalized spacial score (nSPS) is 11.7. The maximum absolute atomic E-state index is 9.48. The van der Waals surface area contributed by atoms with Crippen LogP contribution in [0.2, 0.25) is 0 Å². The minimum absolute atomic E-state index is 0. The molecule has 1 N–H and O–H groups in total. The zero-order valence-electron chi connectivity index (χ0n) is 10.5. The van der Waals surface area contributed by atoms with E-state index in [1.54, 1.807) is 6.92 Å². The summed E-state index contributed by atoms with van der Waals surface area (Å²) in [6, 6.07) is 8.16. The van der Waals surface area contributed by atoms with E-state index in [0.29, 0.717) is 0 Å². The van der Waals surface area contributed by atoms with E-state index in [1.807, 2.05) is 24.0 Å². The molecule has 14 heavy (non-hydrogen) atoms. The van der Waals surface area contributed by atoms with E-state index in [1.165, 1.54) is 5.56 Å². The molecule has 0 aromatic heterocycles. The molecule has 0 fully saturated rings. The first kappa shape index (κ1) is 14.0. The van der Waals surface area contributed by atoms with Crippen LogP contribution in [0.15, 0.2) is 24.3 Å². The van der Waals surface area contributed by atoms with Crippen LogP contribution in [-0.2, 0) is 0 Å². The molecule has 74 valence electrons. The van der Waals surface area contributed by atoms with Crippen molar-refractivity contribution < 1.29 is 36.1 Å². The molecule has 0 saturated heterocycles. The molecule has 0 heterocycles. The average Bonchev–Trinajstić information content (AvgIpc) is 2.04. The quantitative estimate of drug-likeness (QED) is 0.517. The van der Waals surface area contributed by atoms with Crippen molar-refractivity contribution in [3.8, 4) is 0 Å². The van der Waals surface area contributed by atoms with Crippen molar-refractivity contribution in [3.63, 3.8) is 0 Å². The first-order valence-corrected chi connectivity index (χ1v) is 4.66. The van der Waals surface area contributed by atoms with Crippen LogP contribution in [0, 0.1) is 6.92 Å². The van der Waals surface area contributed by atoms with Gasteiger partial charge >= 0.3 is 29.6 Å². The fraction of sp³-hybridized carbons (Fsp3) is 0.455. The van der Waals surface area contributed by atoms with Crippen molar-refractivity contribution in [2.24, 2.45) is 0 Å². The number of rotatable bonds is 3. The van der Waals surface area contributed by atoms with Crippen LogP contribution >= 0.6 is 0 Å². The molecule has 0 aliphatic carbocycles. The van der Waals surface area contributed by atoms with E-state index < -0.39 is 6.23 Å². The Kier molecular flexibility index (Phi) is 6.45. The molecule has 1 atom stereocenters. The minimum Gasteiger partial charge on any atom is -1.00 e. The van der Waals surface area contributed by atoms with Gasteiger partial charge in [-0.05, 0) is 38.5 Å². The van der Waals surface area contributed by atoms with Gasteiger partial charge in [-0.15, -0.1) is 0 Å². The number of anilines is 1. The van der Waals surface area contributed by atoms with Crippen molar-refractivity contribution >= 4 is 5.69 Å². The van der Waals surface area contributed by atoms with Gasteiger partial charge in [0.1, 0.15) is 6.23 Å². The van der Waals surface area contributed by atoms with Gasteiger partial charge in [0.25, 0.3) is 0 Å². The summed E-state index contributed by atoms with van der Waals surface area (Å²) in [6.07, 6.45) is -0.424. The number of nitrogens with zero attached hydrogens (tertiary/aromatic N) is 1. The van der Waals surface area contributed by atoms with Gasteiger partial charge < -0.3 is 11.4 Å². The Balaban J connectivity index is 0. The minimum atomic E-state index is -0.424. The summed E-state index contributed by atoms with van der Waals surface area (Å²) in [7, 11) is 0. The Hall–Kier alpha value is -0.0200. The summed E-state index contributed by atoms with van der Waals surface area (Å²) in [5.74, 6) is 0. The number of aliphatic hydroxyl groups is 1. The Morgan fingerprint density at radius 3 is 2.57 bits per heavy atom.